The standard InChI is InChI=1S/C19H23N3O6/c1-19(2,3)28-18(24)21-14(12-23)11-13-6-8-15(9-7-13)27-17-16(22(25)26)5-4-10-20-17/h4-10,14,23H,11-12H2,1-3H3,(H,21,24). The Labute approximate surface area is 162 Å². The largest absolute Gasteiger partial charge is 0.444 e. The Morgan fingerprint density at radius 1 is 1.29 bits per heavy atom. The van der Waals surface area contributed by atoms with Crippen molar-refractivity contribution in [3.05, 3.63) is 58.3 Å². The van der Waals surface area contributed by atoms with Crippen LogP contribution in [0.25, 0.3) is 0 Å². The number of ether oxygens (including phenoxy) is 2. The van der Waals surface area contributed by atoms with E-state index in [-0.39, 0.29) is 18.2 Å². The van der Waals surface area contributed by atoms with Crippen LogP contribution in [0.1, 0.15) is 26.3 Å². The van der Waals surface area contributed by atoms with Gasteiger partial charge in [-0.05, 0) is 51.0 Å². The van der Waals surface area contributed by atoms with Gasteiger partial charge in [0.15, 0.2) is 0 Å². The number of hydrogen-bond acceptors (Lipinski definition) is 7. The highest BCUT2D eigenvalue weighted by Crippen LogP contribution is 2.28. The highest BCUT2D eigenvalue weighted by Gasteiger charge is 2.20. The lowest BCUT2D eigenvalue weighted by molar-refractivity contribution is -0.386. The number of amides is 1. The topological polar surface area (TPSA) is 124 Å². The first-order valence-electron chi connectivity index (χ1n) is 8.64. The van der Waals surface area contributed by atoms with Gasteiger partial charge >= 0.3 is 11.8 Å². The van der Waals surface area contributed by atoms with Gasteiger partial charge < -0.3 is 19.9 Å². The molecule has 150 valence electrons. The Balaban J connectivity index is 2.00. The van der Waals surface area contributed by atoms with Crippen molar-refractivity contribution in [1.82, 2.24) is 10.3 Å². The van der Waals surface area contributed by atoms with Crippen molar-refractivity contribution in [2.75, 3.05) is 6.61 Å². The fourth-order valence-corrected chi connectivity index (χ4v) is 2.33. The normalized spacial score (nSPS) is 12.1. The van der Waals surface area contributed by atoms with Crippen molar-refractivity contribution in [1.29, 1.82) is 0 Å². The zero-order valence-electron chi connectivity index (χ0n) is 15.9. The summed E-state index contributed by atoms with van der Waals surface area (Å²) in [4.78, 5) is 26.2. The van der Waals surface area contributed by atoms with E-state index >= 15 is 0 Å². The summed E-state index contributed by atoms with van der Waals surface area (Å²) < 4.78 is 10.7. The zero-order chi connectivity index (χ0) is 20.7. The molecular weight excluding hydrogens is 366 g/mol. The quantitative estimate of drug-likeness (QED) is 0.550. The van der Waals surface area contributed by atoms with Crippen molar-refractivity contribution in [2.45, 2.75) is 38.8 Å². The molecule has 2 aromatic rings. The second-order valence-corrected chi connectivity index (χ2v) is 7.06. The van der Waals surface area contributed by atoms with E-state index in [4.69, 9.17) is 9.47 Å². The third kappa shape index (κ3) is 6.51. The van der Waals surface area contributed by atoms with Crippen LogP contribution in [-0.2, 0) is 11.2 Å². The second kappa shape index (κ2) is 9.14. The number of benzene rings is 1. The first-order valence-corrected chi connectivity index (χ1v) is 8.64. The fraction of sp³-hybridized carbons (Fsp3) is 0.368. The summed E-state index contributed by atoms with van der Waals surface area (Å²) >= 11 is 0. The average Bonchev–Trinajstić information content (AvgIpc) is 2.61. The Hall–Kier alpha value is -3.20. The monoisotopic (exact) mass is 389 g/mol. The number of carbonyl (C=O) groups is 1. The summed E-state index contributed by atoms with van der Waals surface area (Å²) in [5.41, 5.74) is -0.0246. The van der Waals surface area contributed by atoms with Gasteiger partial charge in [0, 0.05) is 12.3 Å². The van der Waals surface area contributed by atoms with E-state index in [1.807, 2.05) is 0 Å². The Kier molecular flexibility index (Phi) is 6.89. The summed E-state index contributed by atoms with van der Waals surface area (Å²) in [6, 6.07) is 9.00. The maximum Gasteiger partial charge on any atom is 0.407 e. The van der Waals surface area contributed by atoms with Gasteiger partial charge in [0.05, 0.1) is 17.6 Å². The molecule has 2 N–H and O–H groups in total. The van der Waals surface area contributed by atoms with Gasteiger partial charge in [-0.25, -0.2) is 9.78 Å². The fourth-order valence-electron chi connectivity index (χ4n) is 2.33. The van der Waals surface area contributed by atoms with Crippen molar-refractivity contribution in [3.8, 4) is 11.6 Å². The molecule has 0 aliphatic carbocycles. The summed E-state index contributed by atoms with van der Waals surface area (Å²) in [5.74, 6) is 0.284. The molecule has 0 bridgehead atoms. The third-order valence-electron chi connectivity index (χ3n) is 3.51. The lowest BCUT2D eigenvalue weighted by Gasteiger charge is -2.22. The van der Waals surface area contributed by atoms with Crippen LogP contribution in [-0.4, -0.2) is 39.4 Å². The molecule has 28 heavy (non-hydrogen) atoms. The minimum absolute atomic E-state index is 0.0972. The Morgan fingerprint density at radius 2 is 1.96 bits per heavy atom. The highest BCUT2D eigenvalue weighted by molar-refractivity contribution is 5.68. The number of hydrogen-bond donors (Lipinski definition) is 2. The molecule has 9 nitrogen and oxygen atoms in total. The molecule has 9 heteroatoms. The molecule has 1 aromatic carbocycles. The first-order chi connectivity index (χ1) is 13.2. The number of carbonyl (C=O) groups excluding carboxylic acids is 1. The SMILES string of the molecule is CC(C)(C)OC(=O)NC(CO)Cc1ccc(Oc2ncccc2[N+](=O)[O-])cc1. The predicted molar refractivity (Wildman–Crippen MR) is 101 cm³/mol. The molecule has 0 aliphatic rings. The van der Waals surface area contributed by atoms with E-state index in [1.54, 1.807) is 45.0 Å². The van der Waals surface area contributed by atoms with Crippen LogP contribution in [0.2, 0.25) is 0 Å². The number of alkyl carbamates (subject to hydrolysis) is 1. The zero-order valence-corrected chi connectivity index (χ0v) is 15.9. The summed E-state index contributed by atoms with van der Waals surface area (Å²) in [5, 5.41) is 23.1. The molecule has 0 saturated carbocycles. The molecule has 1 heterocycles. The maximum atomic E-state index is 11.8. The minimum atomic E-state index is -0.628. The number of aliphatic hydroxyl groups excluding tert-OH is 1. The molecule has 0 aliphatic heterocycles. The van der Waals surface area contributed by atoms with Gasteiger partial charge in [-0.1, -0.05) is 12.1 Å². The van der Waals surface area contributed by atoms with Crippen molar-refractivity contribution >= 4 is 11.8 Å². The van der Waals surface area contributed by atoms with Crippen LogP contribution < -0.4 is 10.1 Å². The van der Waals surface area contributed by atoms with E-state index in [1.165, 1.54) is 18.3 Å². The molecule has 0 radical (unpaired) electrons. The minimum Gasteiger partial charge on any atom is -0.444 e. The number of rotatable bonds is 7. The molecule has 0 fully saturated rings. The molecule has 1 aromatic heterocycles. The van der Waals surface area contributed by atoms with Gasteiger partial charge in [-0.2, -0.15) is 0 Å². The van der Waals surface area contributed by atoms with Gasteiger partial charge in [0.2, 0.25) is 0 Å². The van der Waals surface area contributed by atoms with Gasteiger partial charge in [0.1, 0.15) is 11.4 Å². The van der Waals surface area contributed by atoms with Crippen LogP contribution in [0.5, 0.6) is 11.6 Å². The van der Waals surface area contributed by atoms with Crippen molar-refractivity contribution < 1.29 is 24.3 Å². The number of nitrogens with zero attached hydrogens (tertiary/aromatic N) is 2. The van der Waals surface area contributed by atoms with E-state index in [9.17, 15) is 20.0 Å². The molecule has 2 rings (SSSR count). The summed E-state index contributed by atoms with van der Waals surface area (Å²) in [6.45, 7) is 5.01. The lowest BCUT2D eigenvalue weighted by Crippen LogP contribution is -2.42. The summed E-state index contributed by atoms with van der Waals surface area (Å²) in [6.07, 6.45) is 1.18. The van der Waals surface area contributed by atoms with Crippen LogP contribution in [0, 0.1) is 10.1 Å². The smallest absolute Gasteiger partial charge is 0.407 e. The van der Waals surface area contributed by atoms with Gasteiger partial charge in [0.25, 0.3) is 5.88 Å². The van der Waals surface area contributed by atoms with E-state index < -0.39 is 22.7 Å². The molecule has 1 unspecified atom stereocenters. The van der Waals surface area contributed by atoms with Crippen LogP contribution in [0.15, 0.2) is 42.6 Å². The molecule has 0 spiro atoms. The van der Waals surface area contributed by atoms with E-state index in [0.717, 1.165) is 5.56 Å². The van der Waals surface area contributed by atoms with Crippen LogP contribution >= 0.6 is 0 Å². The predicted octanol–water partition coefficient (Wildman–Crippen LogP) is 3.21. The maximum absolute atomic E-state index is 11.8. The number of nitro groups is 1. The van der Waals surface area contributed by atoms with Crippen molar-refractivity contribution in [2.24, 2.45) is 0 Å². The Bertz CT molecular complexity index is 817. The summed E-state index contributed by atoms with van der Waals surface area (Å²) in [7, 11) is 0. The number of nitrogens with one attached hydrogen (secondary N) is 1. The first kappa shape index (κ1) is 21.1. The average molecular weight is 389 g/mol. The second-order valence-electron chi connectivity index (χ2n) is 7.06. The lowest BCUT2D eigenvalue weighted by atomic mass is 10.1. The number of aromatic nitrogens is 1. The third-order valence-corrected chi connectivity index (χ3v) is 3.51. The van der Waals surface area contributed by atoms with Crippen LogP contribution in [0.3, 0.4) is 0 Å². The Morgan fingerprint density at radius 3 is 2.54 bits per heavy atom. The van der Waals surface area contributed by atoms with Crippen molar-refractivity contribution in [3.63, 3.8) is 0 Å². The van der Waals surface area contributed by atoms with Gasteiger partial charge in [-0.3, -0.25) is 10.1 Å². The molecule has 0 saturated heterocycles. The van der Waals surface area contributed by atoms with E-state index in [2.05, 4.69) is 10.3 Å². The molecular formula is C19H23N3O6. The molecule has 1 amide bonds. The number of pyridine rings is 1. The molecule has 1 atom stereocenters. The highest BCUT2D eigenvalue weighted by atomic mass is 16.6. The number of aliphatic hydroxyl groups is 1. The van der Waals surface area contributed by atoms with E-state index in [0.29, 0.717) is 12.2 Å². The van der Waals surface area contributed by atoms with Crippen LogP contribution in [0.4, 0.5) is 10.5 Å². The van der Waals surface area contributed by atoms with Gasteiger partial charge in [-0.15, -0.1) is 0 Å².